The highest BCUT2D eigenvalue weighted by Crippen LogP contribution is 2.25. The molecule has 7 heteroatoms. The van der Waals surface area contributed by atoms with E-state index in [9.17, 15) is 9.59 Å². The highest BCUT2D eigenvalue weighted by molar-refractivity contribution is 5.96. The van der Waals surface area contributed by atoms with Crippen molar-refractivity contribution in [1.29, 1.82) is 0 Å². The third kappa shape index (κ3) is 4.48. The normalized spacial score (nSPS) is 13.8. The van der Waals surface area contributed by atoms with E-state index in [1.807, 2.05) is 48.7 Å². The number of hydrogen-bond donors (Lipinski definition) is 2. The molecule has 4 aromatic rings. The number of aromatic nitrogens is 2. The standard InChI is InChI=1S/C26H24N4O3/c31-25(22-13-27-12-20-7-3-4-8-21(20)22)30-23(14-28-26(32)24-15-33-16-29-24)19-10-9-17-5-1-2-6-18(17)11-19/h1-2,5-6,9-13,15-16,23H,3-4,7-8,14H2,(H,28,32)(H,30,31). The number of nitrogens with zero attached hydrogens (tertiary/aromatic N) is 2. The zero-order valence-corrected chi connectivity index (χ0v) is 18.1. The number of hydrogen-bond acceptors (Lipinski definition) is 5. The van der Waals surface area contributed by atoms with Gasteiger partial charge >= 0.3 is 0 Å². The summed E-state index contributed by atoms with van der Waals surface area (Å²) in [5.74, 6) is -0.544. The Balaban J connectivity index is 1.42. The topological polar surface area (TPSA) is 97.1 Å². The molecular formula is C26H24N4O3. The molecule has 0 fully saturated rings. The van der Waals surface area contributed by atoms with Gasteiger partial charge in [-0.15, -0.1) is 0 Å². The van der Waals surface area contributed by atoms with Crippen molar-refractivity contribution in [1.82, 2.24) is 20.6 Å². The summed E-state index contributed by atoms with van der Waals surface area (Å²) in [7, 11) is 0. The Morgan fingerprint density at radius 2 is 1.85 bits per heavy atom. The van der Waals surface area contributed by atoms with Crippen molar-refractivity contribution in [2.45, 2.75) is 31.7 Å². The molecule has 2 N–H and O–H groups in total. The van der Waals surface area contributed by atoms with E-state index in [1.165, 1.54) is 12.7 Å². The molecule has 2 amide bonds. The van der Waals surface area contributed by atoms with Gasteiger partial charge in [-0.25, -0.2) is 4.98 Å². The molecule has 0 bridgehead atoms. The number of pyridine rings is 1. The Morgan fingerprint density at radius 1 is 1.00 bits per heavy atom. The molecule has 2 aromatic heterocycles. The van der Waals surface area contributed by atoms with Gasteiger partial charge in [-0.05, 0) is 59.2 Å². The first kappa shape index (κ1) is 20.9. The van der Waals surface area contributed by atoms with Gasteiger partial charge in [0.2, 0.25) is 0 Å². The highest BCUT2D eigenvalue weighted by atomic mass is 16.3. The third-order valence-electron chi connectivity index (χ3n) is 6.13. The Hall–Kier alpha value is -4.00. The maximum atomic E-state index is 13.3. The average molecular weight is 441 g/mol. The van der Waals surface area contributed by atoms with Gasteiger partial charge in [0, 0.05) is 18.9 Å². The van der Waals surface area contributed by atoms with Crippen LogP contribution in [0.1, 0.15) is 56.4 Å². The van der Waals surface area contributed by atoms with E-state index in [0.717, 1.165) is 53.1 Å². The van der Waals surface area contributed by atoms with Crippen LogP contribution >= 0.6 is 0 Å². The van der Waals surface area contributed by atoms with E-state index in [2.05, 4.69) is 20.6 Å². The molecule has 7 nitrogen and oxygen atoms in total. The van der Waals surface area contributed by atoms with Crippen LogP contribution < -0.4 is 10.6 Å². The third-order valence-corrected chi connectivity index (χ3v) is 6.13. The van der Waals surface area contributed by atoms with Crippen molar-refractivity contribution in [2.24, 2.45) is 0 Å². The molecular weight excluding hydrogens is 416 g/mol. The van der Waals surface area contributed by atoms with Gasteiger partial charge in [0.1, 0.15) is 6.26 Å². The van der Waals surface area contributed by atoms with Crippen molar-refractivity contribution >= 4 is 22.6 Å². The molecule has 5 rings (SSSR count). The Kier molecular flexibility index (Phi) is 5.85. The SMILES string of the molecule is O=C(NCC(NC(=O)c1cncc2c1CCCC2)c1ccc2ccccc2c1)c1cocn1. The fourth-order valence-electron chi connectivity index (χ4n) is 4.38. The molecule has 2 aromatic carbocycles. The summed E-state index contributed by atoms with van der Waals surface area (Å²) in [6.45, 7) is 0.207. The molecule has 33 heavy (non-hydrogen) atoms. The lowest BCUT2D eigenvalue weighted by Gasteiger charge is -2.23. The predicted octanol–water partition coefficient (Wildman–Crippen LogP) is 4.00. The summed E-state index contributed by atoms with van der Waals surface area (Å²) in [6.07, 6.45) is 10.0. The summed E-state index contributed by atoms with van der Waals surface area (Å²) in [4.78, 5) is 34.0. The van der Waals surface area contributed by atoms with Gasteiger partial charge in [0.25, 0.3) is 11.8 Å². The number of rotatable bonds is 6. The minimum atomic E-state index is -0.433. The van der Waals surface area contributed by atoms with E-state index < -0.39 is 6.04 Å². The fourth-order valence-corrected chi connectivity index (χ4v) is 4.38. The number of benzene rings is 2. The van der Waals surface area contributed by atoms with Gasteiger partial charge in [-0.2, -0.15) is 0 Å². The van der Waals surface area contributed by atoms with Crippen LogP contribution in [0.25, 0.3) is 10.8 Å². The molecule has 0 aliphatic heterocycles. The van der Waals surface area contributed by atoms with E-state index in [-0.39, 0.29) is 24.1 Å². The second kappa shape index (κ2) is 9.24. The first-order valence-electron chi connectivity index (χ1n) is 11.1. The Morgan fingerprint density at radius 3 is 2.70 bits per heavy atom. The summed E-state index contributed by atoms with van der Waals surface area (Å²) >= 11 is 0. The van der Waals surface area contributed by atoms with Gasteiger partial charge in [-0.3, -0.25) is 14.6 Å². The van der Waals surface area contributed by atoms with Crippen LogP contribution in [0, 0.1) is 0 Å². The fraction of sp³-hybridized carbons (Fsp3) is 0.231. The molecule has 0 spiro atoms. The van der Waals surface area contributed by atoms with Gasteiger partial charge < -0.3 is 15.1 Å². The summed E-state index contributed by atoms with van der Waals surface area (Å²) in [5, 5.41) is 8.16. The molecule has 0 saturated carbocycles. The van der Waals surface area contributed by atoms with Crippen LogP contribution in [-0.2, 0) is 12.8 Å². The average Bonchev–Trinajstić information content (AvgIpc) is 3.41. The van der Waals surface area contributed by atoms with E-state index in [1.54, 1.807) is 6.20 Å². The Labute approximate surface area is 191 Å². The van der Waals surface area contributed by atoms with Crippen molar-refractivity contribution < 1.29 is 14.0 Å². The van der Waals surface area contributed by atoms with E-state index in [4.69, 9.17) is 4.42 Å². The second-order valence-corrected chi connectivity index (χ2v) is 8.25. The Bertz CT molecular complexity index is 1300. The van der Waals surface area contributed by atoms with Crippen molar-refractivity contribution in [3.63, 3.8) is 0 Å². The number of oxazole rings is 1. The lowest BCUT2D eigenvalue weighted by Crippen LogP contribution is -2.38. The maximum absolute atomic E-state index is 13.3. The van der Waals surface area contributed by atoms with Crippen LogP contribution in [0.5, 0.6) is 0 Å². The van der Waals surface area contributed by atoms with Crippen LogP contribution in [0.4, 0.5) is 0 Å². The van der Waals surface area contributed by atoms with Crippen molar-refractivity contribution in [3.8, 4) is 0 Å². The number of amides is 2. The lowest BCUT2D eigenvalue weighted by atomic mass is 9.90. The highest BCUT2D eigenvalue weighted by Gasteiger charge is 2.22. The van der Waals surface area contributed by atoms with Crippen LogP contribution in [0.15, 0.2) is 71.9 Å². The minimum Gasteiger partial charge on any atom is -0.451 e. The summed E-state index contributed by atoms with van der Waals surface area (Å²) in [5.41, 5.74) is 3.94. The number of aryl methyl sites for hydroxylation is 1. The van der Waals surface area contributed by atoms with Crippen molar-refractivity contribution in [3.05, 3.63) is 95.5 Å². The minimum absolute atomic E-state index is 0.185. The summed E-state index contributed by atoms with van der Waals surface area (Å²) < 4.78 is 4.90. The number of fused-ring (bicyclic) bond motifs is 2. The van der Waals surface area contributed by atoms with Gasteiger partial charge in [0.05, 0.1) is 11.6 Å². The van der Waals surface area contributed by atoms with Gasteiger partial charge in [-0.1, -0.05) is 36.4 Å². The second-order valence-electron chi connectivity index (χ2n) is 8.25. The van der Waals surface area contributed by atoms with Gasteiger partial charge in [0.15, 0.2) is 12.1 Å². The van der Waals surface area contributed by atoms with E-state index in [0.29, 0.717) is 5.56 Å². The lowest BCUT2D eigenvalue weighted by molar-refractivity contribution is 0.0905. The first-order chi connectivity index (χ1) is 16.2. The van der Waals surface area contributed by atoms with Crippen LogP contribution in [0.2, 0.25) is 0 Å². The molecule has 1 aliphatic carbocycles. The van der Waals surface area contributed by atoms with Crippen LogP contribution in [-0.4, -0.2) is 28.3 Å². The molecule has 1 unspecified atom stereocenters. The quantitative estimate of drug-likeness (QED) is 0.472. The zero-order valence-electron chi connectivity index (χ0n) is 18.1. The smallest absolute Gasteiger partial charge is 0.273 e. The molecule has 2 heterocycles. The number of carbonyl (C=O) groups is 2. The molecule has 0 saturated heterocycles. The van der Waals surface area contributed by atoms with Crippen molar-refractivity contribution in [2.75, 3.05) is 6.54 Å². The summed E-state index contributed by atoms with van der Waals surface area (Å²) in [6, 6.07) is 13.7. The van der Waals surface area contributed by atoms with Crippen LogP contribution in [0.3, 0.4) is 0 Å². The molecule has 1 aliphatic rings. The molecule has 166 valence electrons. The maximum Gasteiger partial charge on any atom is 0.273 e. The van der Waals surface area contributed by atoms with E-state index >= 15 is 0 Å². The largest absolute Gasteiger partial charge is 0.451 e. The monoisotopic (exact) mass is 440 g/mol. The predicted molar refractivity (Wildman–Crippen MR) is 124 cm³/mol. The number of carbonyl (C=O) groups excluding carboxylic acids is 2. The first-order valence-corrected chi connectivity index (χ1v) is 11.1. The molecule has 1 atom stereocenters. The zero-order chi connectivity index (χ0) is 22.6. The molecule has 0 radical (unpaired) electrons. The number of nitrogens with one attached hydrogen (secondary N) is 2.